The van der Waals surface area contributed by atoms with Crippen LogP contribution >= 0.6 is 23.2 Å². The minimum atomic E-state index is -3.68. The summed E-state index contributed by atoms with van der Waals surface area (Å²) in [5.74, 6) is -1.46. The maximum absolute atomic E-state index is 13.1. The number of aromatic nitrogens is 1. The first-order valence-corrected chi connectivity index (χ1v) is 14.1. The Labute approximate surface area is 226 Å². The Morgan fingerprint density at radius 2 is 1.84 bits per heavy atom. The highest BCUT2D eigenvalue weighted by molar-refractivity contribution is 7.88. The maximum Gasteiger partial charge on any atom is 0.253 e. The molecule has 1 saturated heterocycles. The highest BCUT2D eigenvalue weighted by Crippen LogP contribution is 2.27. The van der Waals surface area contributed by atoms with Gasteiger partial charge in [0, 0.05) is 32.0 Å². The van der Waals surface area contributed by atoms with E-state index in [0.717, 1.165) is 5.56 Å². The monoisotopic (exact) mass is 560 g/mol. The number of carbonyl (C=O) groups excluding carboxylic acids is 2. The van der Waals surface area contributed by atoms with Crippen LogP contribution < -0.4 is 10.6 Å². The van der Waals surface area contributed by atoms with Gasteiger partial charge in [-0.1, -0.05) is 47.5 Å². The number of pyridine rings is 1. The van der Waals surface area contributed by atoms with Crippen molar-refractivity contribution in [1.29, 1.82) is 0 Å². The van der Waals surface area contributed by atoms with Crippen molar-refractivity contribution in [1.82, 2.24) is 14.6 Å². The second kappa shape index (κ2) is 12.0. The fourth-order valence-electron chi connectivity index (χ4n) is 4.15. The lowest BCUT2D eigenvalue weighted by atomic mass is 9.98. The van der Waals surface area contributed by atoms with Crippen molar-refractivity contribution < 1.29 is 18.0 Å². The first-order valence-electron chi connectivity index (χ1n) is 11.7. The molecule has 2 aromatic carbocycles. The molecule has 1 aliphatic heterocycles. The summed E-state index contributed by atoms with van der Waals surface area (Å²) in [6.45, 7) is 0.689. The molecule has 0 unspecified atom stereocenters. The number of amides is 2. The van der Waals surface area contributed by atoms with E-state index in [4.69, 9.17) is 23.2 Å². The van der Waals surface area contributed by atoms with Gasteiger partial charge in [0.05, 0.1) is 33.0 Å². The number of hydrogen-bond donors (Lipinski definition) is 2. The molecule has 4 rings (SSSR count). The molecule has 1 fully saturated rings. The van der Waals surface area contributed by atoms with Gasteiger partial charge in [0.15, 0.2) is 0 Å². The average molecular weight is 561 g/mol. The molecule has 2 amide bonds. The highest BCUT2D eigenvalue weighted by atomic mass is 35.5. The number of hydrogen-bond acceptors (Lipinski definition) is 5. The van der Waals surface area contributed by atoms with Gasteiger partial charge in [-0.15, -0.1) is 0 Å². The first-order chi connectivity index (χ1) is 17.7. The molecule has 0 aliphatic carbocycles. The summed E-state index contributed by atoms with van der Waals surface area (Å²) in [4.78, 5) is 30.0. The van der Waals surface area contributed by atoms with Crippen LogP contribution in [-0.2, 0) is 27.1 Å². The molecule has 1 atom stereocenters. The second-order valence-corrected chi connectivity index (χ2v) is 11.6. The Morgan fingerprint density at radius 1 is 1.03 bits per heavy atom. The summed E-state index contributed by atoms with van der Waals surface area (Å²) in [7, 11) is -3.68. The van der Waals surface area contributed by atoms with E-state index in [1.165, 1.54) is 10.4 Å². The molecule has 0 saturated carbocycles. The van der Waals surface area contributed by atoms with Crippen molar-refractivity contribution in [2.45, 2.75) is 25.1 Å². The quantitative estimate of drug-likeness (QED) is 0.421. The van der Waals surface area contributed by atoms with E-state index < -0.39 is 15.9 Å². The number of rotatable bonds is 8. The minimum Gasteiger partial charge on any atom is -0.348 e. The maximum atomic E-state index is 13.1. The van der Waals surface area contributed by atoms with Crippen molar-refractivity contribution in [3.63, 3.8) is 0 Å². The first kappa shape index (κ1) is 27.1. The SMILES string of the molecule is O=C(NCc1cccnc1)c1ccccc1NC(=O)[C@H]1CCCN(S(=O)(=O)Cc2ccc(Cl)c(Cl)c2)C1. The van der Waals surface area contributed by atoms with E-state index in [0.29, 0.717) is 47.8 Å². The number of benzene rings is 2. The zero-order valence-electron chi connectivity index (χ0n) is 19.9. The summed E-state index contributed by atoms with van der Waals surface area (Å²) in [6.07, 6.45) is 4.41. The van der Waals surface area contributed by atoms with Crippen LogP contribution in [-0.4, -0.2) is 42.6 Å². The summed E-state index contributed by atoms with van der Waals surface area (Å²) in [5.41, 5.74) is 2.06. The number of halogens is 2. The predicted molar refractivity (Wildman–Crippen MR) is 144 cm³/mol. The third-order valence-corrected chi connectivity index (χ3v) is 8.64. The molecule has 37 heavy (non-hydrogen) atoms. The van der Waals surface area contributed by atoms with Crippen LogP contribution in [0.15, 0.2) is 67.0 Å². The van der Waals surface area contributed by atoms with E-state index in [1.807, 2.05) is 6.07 Å². The third-order valence-electron chi connectivity index (χ3n) is 6.09. The van der Waals surface area contributed by atoms with Gasteiger partial charge >= 0.3 is 0 Å². The number of nitrogens with one attached hydrogen (secondary N) is 2. The topological polar surface area (TPSA) is 108 Å². The summed E-state index contributed by atoms with van der Waals surface area (Å²) in [6, 6.07) is 15.1. The van der Waals surface area contributed by atoms with Crippen molar-refractivity contribution in [2.24, 2.45) is 5.92 Å². The molecule has 0 spiro atoms. The molecule has 0 radical (unpaired) electrons. The normalized spacial score (nSPS) is 16.2. The standard InChI is InChI=1S/C26H26Cl2N4O4S/c27-22-10-9-18(13-23(22)28)17-37(35,36)32-12-4-6-20(16-32)25(33)31-24-8-2-1-7-21(24)26(34)30-15-19-5-3-11-29-14-19/h1-3,5,7-11,13-14,20H,4,6,12,15-17H2,(H,30,34)(H,31,33)/t20-/m0/s1. The lowest BCUT2D eigenvalue weighted by Gasteiger charge is -2.31. The molecule has 2 heterocycles. The van der Waals surface area contributed by atoms with E-state index in [1.54, 1.807) is 54.9 Å². The van der Waals surface area contributed by atoms with Crippen LogP contribution in [0.1, 0.15) is 34.3 Å². The molecule has 11 heteroatoms. The Hall–Kier alpha value is -2.98. The van der Waals surface area contributed by atoms with Crippen LogP contribution in [0.3, 0.4) is 0 Å². The Morgan fingerprint density at radius 3 is 2.59 bits per heavy atom. The largest absolute Gasteiger partial charge is 0.348 e. The zero-order valence-corrected chi connectivity index (χ0v) is 22.2. The molecule has 0 bridgehead atoms. The van der Waals surface area contributed by atoms with Gasteiger partial charge in [0.25, 0.3) is 5.91 Å². The zero-order chi connectivity index (χ0) is 26.4. The highest BCUT2D eigenvalue weighted by Gasteiger charge is 2.33. The van der Waals surface area contributed by atoms with Gasteiger partial charge in [0.2, 0.25) is 15.9 Å². The molecular formula is C26H26Cl2N4O4S. The number of nitrogens with zero attached hydrogens (tertiary/aromatic N) is 2. The second-order valence-electron chi connectivity index (χ2n) is 8.78. The van der Waals surface area contributed by atoms with Crippen LogP contribution in [0.5, 0.6) is 0 Å². The van der Waals surface area contributed by atoms with Gasteiger partial charge in [-0.25, -0.2) is 12.7 Å². The molecule has 8 nitrogen and oxygen atoms in total. The fraction of sp³-hybridized carbons (Fsp3) is 0.269. The van der Waals surface area contributed by atoms with Crippen LogP contribution in [0.4, 0.5) is 5.69 Å². The van der Waals surface area contributed by atoms with Crippen LogP contribution in [0.2, 0.25) is 10.0 Å². The van der Waals surface area contributed by atoms with Crippen LogP contribution in [0, 0.1) is 5.92 Å². The number of sulfonamides is 1. The number of piperidine rings is 1. The number of para-hydroxylation sites is 1. The number of carbonyl (C=O) groups is 2. The summed E-state index contributed by atoms with van der Waals surface area (Å²) >= 11 is 12.0. The van der Waals surface area contributed by atoms with Gasteiger partial charge in [-0.3, -0.25) is 14.6 Å². The van der Waals surface area contributed by atoms with Gasteiger partial charge in [-0.2, -0.15) is 0 Å². The summed E-state index contributed by atoms with van der Waals surface area (Å²) < 4.78 is 27.5. The van der Waals surface area contributed by atoms with Gasteiger partial charge in [-0.05, 0) is 54.3 Å². The predicted octanol–water partition coefficient (Wildman–Crippen LogP) is 4.50. The van der Waals surface area contributed by atoms with Crippen molar-refractivity contribution in [3.8, 4) is 0 Å². The van der Waals surface area contributed by atoms with E-state index in [9.17, 15) is 18.0 Å². The van der Waals surface area contributed by atoms with Crippen molar-refractivity contribution >= 4 is 50.7 Å². The third kappa shape index (κ3) is 7.07. The fourth-order valence-corrected chi connectivity index (χ4v) is 6.06. The molecule has 2 N–H and O–H groups in total. The molecule has 1 aromatic heterocycles. The van der Waals surface area contributed by atoms with Crippen molar-refractivity contribution in [3.05, 3.63) is 93.7 Å². The van der Waals surface area contributed by atoms with E-state index in [2.05, 4.69) is 15.6 Å². The lowest BCUT2D eigenvalue weighted by molar-refractivity contribution is -0.120. The number of anilines is 1. The summed E-state index contributed by atoms with van der Waals surface area (Å²) in [5, 5.41) is 6.30. The minimum absolute atomic E-state index is 0.0604. The Bertz CT molecular complexity index is 1390. The molecule has 194 valence electrons. The van der Waals surface area contributed by atoms with Gasteiger partial charge in [0.1, 0.15) is 0 Å². The molecular weight excluding hydrogens is 535 g/mol. The Balaban J connectivity index is 1.40. The van der Waals surface area contributed by atoms with Gasteiger partial charge < -0.3 is 10.6 Å². The van der Waals surface area contributed by atoms with Crippen LogP contribution in [0.25, 0.3) is 0 Å². The average Bonchev–Trinajstić information content (AvgIpc) is 2.90. The molecule has 3 aromatic rings. The van der Waals surface area contributed by atoms with E-state index in [-0.39, 0.29) is 29.1 Å². The smallest absolute Gasteiger partial charge is 0.253 e. The lowest BCUT2D eigenvalue weighted by Crippen LogP contribution is -2.44. The van der Waals surface area contributed by atoms with E-state index >= 15 is 0 Å². The van der Waals surface area contributed by atoms with Crippen molar-refractivity contribution in [2.75, 3.05) is 18.4 Å². The Kier molecular flexibility index (Phi) is 8.81. The molecule has 1 aliphatic rings.